The molecule has 192 valence electrons. The van der Waals surface area contributed by atoms with Crippen molar-refractivity contribution in [2.45, 2.75) is 51.3 Å². The van der Waals surface area contributed by atoms with Gasteiger partial charge in [0, 0.05) is 11.1 Å². The first-order valence-electron chi connectivity index (χ1n) is 13.1. The van der Waals surface area contributed by atoms with Crippen molar-refractivity contribution in [2.75, 3.05) is 5.75 Å². The van der Waals surface area contributed by atoms with Crippen LogP contribution in [0.1, 0.15) is 67.2 Å². The summed E-state index contributed by atoms with van der Waals surface area (Å²) in [4.78, 5) is 28.2. The van der Waals surface area contributed by atoms with E-state index in [2.05, 4.69) is 25.2 Å². The van der Waals surface area contributed by atoms with E-state index >= 15 is 0 Å². The molecule has 1 saturated carbocycles. The number of ketones is 2. The summed E-state index contributed by atoms with van der Waals surface area (Å²) in [6, 6.07) is 15.8. The normalized spacial score (nSPS) is 28.9. The number of allylic oxidation sites excluding steroid dienone is 5. The van der Waals surface area contributed by atoms with E-state index in [-0.39, 0.29) is 29.2 Å². The van der Waals surface area contributed by atoms with Crippen molar-refractivity contribution < 1.29 is 18.0 Å². The highest BCUT2D eigenvalue weighted by atomic mass is 32.2. The zero-order valence-electron chi connectivity index (χ0n) is 21.7. The average molecular weight is 515 g/mol. The van der Waals surface area contributed by atoms with Gasteiger partial charge in [0.2, 0.25) is 0 Å². The molecule has 3 aliphatic carbocycles. The van der Waals surface area contributed by atoms with Gasteiger partial charge in [0.25, 0.3) is 0 Å². The minimum Gasteiger partial charge on any atom is -0.293 e. The Morgan fingerprint density at radius 1 is 0.865 bits per heavy atom. The number of hydrogen-bond donors (Lipinski definition) is 0. The fraction of sp³-hybridized carbons (Fsp3) is 0.375. The monoisotopic (exact) mass is 514 g/mol. The SMILES string of the molecule is C/C(=C\CC12C(=O)c3ccccc3C(=O)C1(C)C1C=CC2C1)CC/C=C(\C)CS(=O)(=O)c1ccccc1. The molecular formula is C32H34O4S. The molecule has 3 aliphatic rings. The number of sulfone groups is 1. The molecule has 0 saturated heterocycles. The first kappa shape index (κ1) is 25.6. The van der Waals surface area contributed by atoms with E-state index in [9.17, 15) is 18.0 Å². The van der Waals surface area contributed by atoms with Crippen LogP contribution >= 0.6 is 0 Å². The Labute approximate surface area is 220 Å². The third-order valence-electron chi connectivity index (χ3n) is 9.00. The second kappa shape index (κ2) is 9.36. The maximum Gasteiger partial charge on any atom is 0.182 e. The molecule has 5 heteroatoms. The largest absolute Gasteiger partial charge is 0.293 e. The number of hydrogen-bond acceptors (Lipinski definition) is 4. The van der Waals surface area contributed by atoms with Gasteiger partial charge in [0.15, 0.2) is 21.4 Å². The molecule has 5 rings (SSSR count). The molecule has 0 radical (unpaired) electrons. The van der Waals surface area contributed by atoms with Crippen molar-refractivity contribution in [2.24, 2.45) is 22.7 Å². The van der Waals surface area contributed by atoms with Crippen LogP contribution in [-0.4, -0.2) is 25.7 Å². The predicted octanol–water partition coefficient (Wildman–Crippen LogP) is 6.80. The van der Waals surface area contributed by atoms with Gasteiger partial charge < -0.3 is 0 Å². The lowest BCUT2D eigenvalue weighted by Gasteiger charge is -2.50. The van der Waals surface area contributed by atoms with E-state index < -0.39 is 20.7 Å². The number of carbonyl (C=O) groups excluding carboxylic acids is 2. The van der Waals surface area contributed by atoms with Crippen molar-refractivity contribution in [3.05, 3.63) is 101 Å². The molecule has 1 fully saturated rings. The molecule has 0 aromatic heterocycles. The van der Waals surface area contributed by atoms with Crippen LogP contribution in [0.5, 0.6) is 0 Å². The molecule has 2 aromatic rings. The van der Waals surface area contributed by atoms with Crippen LogP contribution in [0.3, 0.4) is 0 Å². The zero-order chi connectivity index (χ0) is 26.4. The van der Waals surface area contributed by atoms with Gasteiger partial charge in [-0.2, -0.15) is 0 Å². The summed E-state index contributed by atoms with van der Waals surface area (Å²) in [6.45, 7) is 5.93. The Kier molecular flexibility index (Phi) is 6.47. The number of fused-ring (bicyclic) bond motifs is 6. The van der Waals surface area contributed by atoms with E-state index in [1.165, 1.54) is 0 Å². The lowest BCUT2D eigenvalue weighted by molar-refractivity contribution is 0.0242. The van der Waals surface area contributed by atoms with E-state index in [4.69, 9.17) is 0 Å². The van der Waals surface area contributed by atoms with E-state index in [0.29, 0.717) is 22.4 Å². The van der Waals surface area contributed by atoms with E-state index in [0.717, 1.165) is 30.4 Å². The summed E-state index contributed by atoms with van der Waals surface area (Å²) in [5.41, 5.74) is 1.64. The molecule has 0 heterocycles. The Balaban J connectivity index is 1.32. The molecule has 0 amide bonds. The average Bonchev–Trinajstić information content (AvgIpc) is 3.47. The molecule has 0 N–H and O–H groups in total. The van der Waals surface area contributed by atoms with Gasteiger partial charge in [0.1, 0.15) is 0 Å². The summed E-state index contributed by atoms with van der Waals surface area (Å²) in [5.74, 6) is 0.374. The predicted molar refractivity (Wildman–Crippen MR) is 146 cm³/mol. The van der Waals surface area contributed by atoms with Crippen LogP contribution in [0.25, 0.3) is 0 Å². The smallest absolute Gasteiger partial charge is 0.182 e. The maximum absolute atomic E-state index is 14.0. The molecule has 2 aromatic carbocycles. The van der Waals surface area contributed by atoms with Gasteiger partial charge in [-0.1, -0.05) is 84.8 Å². The minimum atomic E-state index is -3.35. The van der Waals surface area contributed by atoms with Gasteiger partial charge in [-0.3, -0.25) is 9.59 Å². The molecule has 37 heavy (non-hydrogen) atoms. The number of benzene rings is 2. The Morgan fingerprint density at radius 2 is 1.49 bits per heavy atom. The fourth-order valence-corrected chi connectivity index (χ4v) is 8.35. The summed E-state index contributed by atoms with van der Waals surface area (Å²) >= 11 is 0. The Hall–Kier alpha value is -3.05. The van der Waals surface area contributed by atoms with Gasteiger partial charge in [0.05, 0.1) is 21.5 Å². The number of rotatable bonds is 8. The van der Waals surface area contributed by atoms with Crippen LogP contribution in [0.15, 0.2) is 94.9 Å². The molecule has 4 atom stereocenters. The van der Waals surface area contributed by atoms with Crippen molar-refractivity contribution in [3.8, 4) is 0 Å². The highest BCUT2D eigenvalue weighted by Gasteiger charge is 2.71. The number of Topliss-reactive ketones (excluding diaryl/α,β-unsaturated/α-hetero) is 2. The lowest BCUT2D eigenvalue weighted by Crippen LogP contribution is -2.56. The highest BCUT2D eigenvalue weighted by molar-refractivity contribution is 7.91. The molecule has 2 bridgehead atoms. The van der Waals surface area contributed by atoms with Crippen molar-refractivity contribution in [1.29, 1.82) is 0 Å². The molecular weight excluding hydrogens is 480 g/mol. The summed E-state index contributed by atoms with van der Waals surface area (Å²) in [7, 11) is -3.35. The summed E-state index contributed by atoms with van der Waals surface area (Å²) in [5, 5.41) is 0. The maximum atomic E-state index is 14.0. The highest BCUT2D eigenvalue weighted by Crippen LogP contribution is 2.69. The quantitative estimate of drug-likeness (QED) is 0.363. The standard InChI is InChI=1S/C32H34O4S/c1-22(10-9-11-23(2)21-37(35,36)26-12-5-4-6-13-26)18-19-32-25-17-16-24(20-25)31(32,3)29(33)27-14-7-8-15-28(27)30(32)34/h4-8,11-18,24-25H,9-10,19-21H2,1-3H3/b22-18+,23-11+. The fourth-order valence-electron chi connectivity index (χ4n) is 6.89. The Morgan fingerprint density at radius 3 is 2.19 bits per heavy atom. The topological polar surface area (TPSA) is 68.3 Å². The van der Waals surface area contributed by atoms with Gasteiger partial charge >= 0.3 is 0 Å². The number of carbonyl (C=O) groups is 2. The van der Waals surface area contributed by atoms with Crippen molar-refractivity contribution in [1.82, 2.24) is 0 Å². The van der Waals surface area contributed by atoms with Crippen LogP contribution in [-0.2, 0) is 9.84 Å². The van der Waals surface area contributed by atoms with Crippen LogP contribution in [0, 0.1) is 22.7 Å². The van der Waals surface area contributed by atoms with Gasteiger partial charge in [-0.05, 0) is 63.5 Å². The lowest BCUT2D eigenvalue weighted by atomic mass is 9.49. The molecule has 4 nitrogen and oxygen atoms in total. The third-order valence-corrected chi connectivity index (χ3v) is 10.8. The summed E-state index contributed by atoms with van der Waals surface area (Å²) in [6.07, 6.45) is 11.4. The zero-order valence-corrected chi connectivity index (χ0v) is 22.6. The van der Waals surface area contributed by atoms with Gasteiger partial charge in [-0.25, -0.2) is 8.42 Å². The summed E-state index contributed by atoms with van der Waals surface area (Å²) < 4.78 is 25.3. The first-order valence-corrected chi connectivity index (χ1v) is 14.7. The first-order chi connectivity index (χ1) is 17.6. The minimum absolute atomic E-state index is 0.00661. The van der Waals surface area contributed by atoms with Crippen LogP contribution in [0.4, 0.5) is 0 Å². The second-order valence-electron chi connectivity index (χ2n) is 11.1. The van der Waals surface area contributed by atoms with Gasteiger partial charge in [-0.15, -0.1) is 0 Å². The van der Waals surface area contributed by atoms with Crippen LogP contribution < -0.4 is 0 Å². The third kappa shape index (κ3) is 3.99. The molecule has 4 unspecified atom stereocenters. The second-order valence-corrected chi connectivity index (χ2v) is 13.1. The molecule has 0 aliphatic heterocycles. The van der Waals surface area contributed by atoms with Crippen molar-refractivity contribution >= 4 is 21.4 Å². The van der Waals surface area contributed by atoms with E-state index in [1.54, 1.807) is 36.4 Å². The van der Waals surface area contributed by atoms with E-state index in [1.807, 2.05) is 38.1 Å². The van der Waals surface area contributed by atoms with Crippen molar-refractivity contribution in [3.63, 3.8) is 0 Å². The Bertz CT molecular complexity index is 1450. The molecule has 0 spiro atoms. The van der Waals surface area contributed by atoms with Crippen LogP contribution in [0.2, 0.25) is 0 Å².